The zero-order chi connectivity index (χ0) is 17.3. The van der Waals surface area contributed by atoms with Crippen molar-refractivity contribution in [1.82, 2.24) is 0 Å². The fourth-order valence-corrected chi connectivity index (χ4v) is 5.00. The van der Waals surface area contributed by atoms with E-state index in [0.717, 1.165) is 16.5 Å². The summed E-state index contributed by atoms with van der Waals surface area (Å²) in [6, 6.07) is 6.22. The highest BCUT2D eigenvalue weighted by atomic mass is 28.4. The van der Waals surface area contributed by atoms with Gasteiger partial charge in [0.05, 0.1) is 6.61 Å². The number of rotatable bonds is 5. The van der Waals surface area contributed by atoms with Crippen molar-refractivity contribution in [2.45, 2.75) is 60.5 Å². The highest BCUT2D eigenvalue weighted by molar-refractivity contribution is 6.80. The molecule has 0 aromatic heterocycles. The van der Waals surface area contributed by atoms with Gasteiger partial charge in [-0.2, -0.15) is 0 Å². The van der Waals surface area contributed by atoms with Gasteiger partial charge in [0.1, 0.15) is 5.75 Å². The molecule has 0 saturated carbocycles. The van der Waals surface area contributed by atoms with E-state index in [1.54, 1.807) is 0 Å². The predicted molar refractivity (Wildman–Crippen MR) is 94.2 cm³/mol. The largest absolute Gasteiger partial charge is 0.462 e. The summed E-state index contributed by atoms with van der Waals surface area (Å²) in [5, 5.41) is 1.12. The Labute approximate surface area is 141 Å². The van der Waals surface area contributed by atoms with Crippen LogP contribution in [0, 0.1) is 5.41 Å². The third-order valence-electron chi connectivity index (χ3n) is 4.59. The van der Waals surface area contributed by atoms with Crippen molar-refractivity contribution >= 4 is 13.7 Å². The van der Waals surface area contributed by atoms with E-state index in [1.165, 1.54) is 0 Å². The molecule has 0 N–H and O–H groups in total. The number of benzene rings is 1. The minimum atomic E-state index is -2.37. The molecule has 0 fully saturated rings. The normalized spacial score (nSPS) is 21.7. The summed E-state index contributed by atoms with van der Waals surface area (Å²) in [6.07, 6.45) is 0. The van der Waals surface area contributed by atoms with Crippen LogP contribution in [0.2, 0.25) is 6.55 Å². The summed E-state index contributed by atoms with van der Waals surface area (Å²) in [7, 11) is -2.37. The minimum Gasteiger partial charge on any atom is -0.462 e. The van der Waals surface area contributed by atoms with Crippen molar-refractivity contribution in [2.24, 2.45) is 5.41 Å². The van der Waals surface area contributed by atoms with Crippen molar-refractivity contribution in [3.05, 3.63) is 23.8 Å². The second kappa shape index (κ2) is 6.55. The molecule has 23 heavy (non-hydrogen) atoms. The highest BCUT2D eigenvalue weighted by Crippen LogP contribution is 2.41. The highest BCUT2D eigenvalue weighted by Gasteiger charge is 2.44. The van der Waals surface area contributed by atoms with E-state index in [-0.39, 0.29) is 5.41 Å². The number of ether oxygens (including phenoxy) is 2. The molecular weight excluding hydrogens is 308 g/mol. The molecule has 1 heterocycles. The molecule has 1 aromatic carbocycles. The molecule has 0 bridgehead atoms. The lowest BCUT2D eigenvalue weighted by Gasteiger charge is -2.44. The third-order valence-corrected chi connectivity index (χ3v) is 7.63. The zero-order valence-electron chi connectivity index (χ0n) is 15.5. The molecule has 1 unspecified atom stereocenters. The Balaban J connectivity index is 2.32. The Morgan fingerprint density at radius 1 is 1.17 bits per heavy atom. The van der Waals surface area contributed by atoms with Crippen LogP contribution in [-0.2, 0) is 20.2 Å². The van der Waals surface area contributed by atoms with Gasteiger partial charge in [-0.05, 0) is 37.7 Å². The van der Waals surface area contributed by atoms with Gasteiger partial charge in [0.2, 0.25) is 5.79 Å². The summed E-state index contributed by atoms with van der Waals surface area (Å²) in [4.78, 5) is 0. The molecule has 1 aromatic rings. The lowest BCUT2D eigenvalue weighted by molar-refractivity contribution is -0.249. The molecule has 1 atom stereocenters. The van der Waals surface area contributed by atoms with Crippen LogP contribution in [0.25, 0.3) is 0 Å². The third kappa shape index (κ3) is 3.63. The van der Waals surface area contributed by atoms with Crippen LogP contribution in [0.5, 0.6) is 5.75 Å². The SMILES string of the molecule is CCO[Si](C)(OCC)c1ccc2c(c1)COC(C)(C(C)(C)C)O2. The van der Waals surface area contributed by atoms with Crippen LogP contribution in [-0.4, -0.2) is 27.6 Å². The maximum absolute atomic E-state index is 6.18. The Morgan fingerprint density at radius 2 is 1.78 bits per heavy atom. The molecule has 2 rings (SSSR count). The maximum atomic E-state index is 6.18. The summed E-state index contributed by atoms with van der Waals surface area (Å²) < 4.78 is 24.2. The molecule has 1 aliphatic heterocycles. The van der Waals surface area contributed by atoms with Gasteiger partial charge in [0.15, 0.2) is 0 Å². The van der Waals surface area contributed by atoms with Crippen LogP contribution in [0.4, 0.5) is 0 Å². The van der Waals surface area contributed by atoms with Crippen LogP contribution < -0.4 is 9.92 Å². The first kappa shape index (κ1) is 18.5. The number of hydrogen-bond donors (Lipinski definition) is 0. The van der Waals surface area contributed by atoms with Gasteiger partial charge in [0, 0.05) is 31.1 Å². The van der Waals surface area contributed by atoms with E-state index in [1.807, 2.05) is 26.8 Å². The van der Waals surface area contributed by atoms with Crippen molar-refractivity contribution in [2.75, 3.05) is 13.2 Å². The second-order valence-electron chi connectivity index (χ2n) is 7.22. The first-order valence-corrected chi connectivity index (χ1v) is 10.7. The lowest BCUT2D eigenvalue weighted by Crippen LogP contribution is -2.52. The molecule has 5 heteroatoms. The van der Waals surface area contributed by atoms with Crippen LogP contribution in [0.1, 0.15) is 47.1 Å². The minimum absolute atomic E-state index is 0.108. The van der Waals surface area contributed by atoms with Gasteiger partial charge in [-0.25, -0.2) is 0 Å². The summed E-state index contributed by atoms with van der Waals surface area (Å²) in [5.74, 6) is 0.268. The van der Waals surface area contributed by atoms with E-state index < -0.39 is 14.3 Å². The van der Waals surface area contributed by atoms with Gasteiger partial charge in [-0.15, -0.1) is 0 Å². The van der Waals surface area contributed by atoms with Crippen molar-refractivity contribution in [1.29, 1.82) is 0 Å². The summed E-state index contributed by atoms with van der Waals surface area (Å²) in [5.41, 5.74) is 0.950. The van der Waals surface area contributed by atoms with Crippen molar-refractivity contribution < 1.29 is 18.3 Å². The van der Waals surface area contributed by atoms with E-state index >= 15 is 0 Å². The van der Waals surface area contributed by atoms with Crippen LogP contribution >= 0.6 is 0 Å². The molecule has 0 amide bonds. The number of hydrogen-bond acceptors (Lipinski definition) is 4. The monoisotopic (exact) mass is 338 g/mol. The maximum Gasteiger partial charge on any atom is 0.369 e. The Morgan fingerprint density at radius 3 is 2.30 bits per heavy atom. The van der Waals surface area contributed by atoms with Gasteiger partial charge >= 0.3 is 8.56 Å². The van der Waals surface area contributed by atoms with E-state index in [0.29, 0.717) is 19.8 Å². The topological polar surface area (TPSA) is 36.9 Å². The first-order valence-electron chi connectivity index (χ1n) is 8.39. The average Bonchev–Trinajstić information content (AvgIpc) is 2.46. The molecule has 4 nitrogen and oxygen atoms in total. The summed E-state index contributed by atoms with van der Waals surface area (Å²) >= 11 is 0. The predicted octanol–water partition coefficient (Wildman–Crippen LogP) is 3.71. The van der Waals surface area contributed by atoms with Gasteiger partial charge in [0.25, 0.3) is 0 Å². The van der Waals surface area contributed by atoms with Crippen molar-refractivity contribution in [3.63, 3.8) is 0 Å². The van der Waals surface area contributed by atoms with Crippen LogP contribution in [0.15, 0.2) is 18.2 Å². The number of fused-ring (bicyclic) bond motifs is 1. The van der Waals surface area contributed by atoms with E-state index in [9.17, 15) is 0 Å². The fourth-order valence-electron chi connectivity index (χ4n) is 2.66. The van der Waals surface area contributed by atoms with E-state index in [2.05, 4.69) is 39.5 Å². The molecule has 0 spiro atoms. The molecule has 0 saturated heterocycles. The first-order chi connectivity index (χ1) is 10.6. The van der Waals surface area contributed by atoms with E-state index in [4.69, 9.17) is 18.3 Å². The molecular formula is C18H30O4Si. The Hall–Kier alpha value is -0.883. The zero-order valence-corrected chi connectivity index (χ0v) is 16.5. The van der Waals surface area contributed by atoms with Gasteiger partial charge in [-0.1, -0.05) is 26.8 Å². The molecule has 0 radical (unpaired) electrons. The molecule has 0 aliphatic carbocycles. The Bertz CT molecular complexity index is 546. The van der Waals surface area contributed by atoms with Gasteiger partial charge < -0.3 is 18.3 Å². The second-order valence-corrected chi connectivity index (χ2v) is 10.3. The molecule has 130 valence electrons. The smallest absolute Gasteiger partial charge is 0.369 e. The average molecular weight is 339 g/mol. The standard InChI is InChI=1S/C18H30O4Si/c1-8-20-23(7,21-9-2)15-10-11-16-14(12-15)13-19-18(6,22-16)17(3,4)5/h10-12H,8-9,13H2,1-7H3. The van der Waals surface area contributed by atoms with Gasteiger partial charge in [-0.3, -0.25) is 0 Å². The Kier molecular flexibility index (Phi) is 5.26. The molecule has 1 aliphatic rings. The van der Waals surface area contributed by atoms with Crippen molar-refractivity contribution in [3.8, 4) is 5.75 Å². The lowest BCUT2D eigenvalue weighted by atomic mass is 9.86. The quantitative estimate of drug-likeness (QED) is 0.767. The van der Waals surface area contributed by atoms with Crippen LogP contribution in [0.3, 0.4) is 0 Å². The summed E-state index contributed by atoms with van der Waals surface area (Å²) in [6.45, 7) is 16.3. The fraction of sp³-hybridized carbons (Fsp3) is 0.667.